The Morgan fingerprint density at radius 1 is 1.04 bits per heavy atom. The van der Waals surface area contributed by atoms with Crippen molar-refractivity contribution in [3.05, 3.63) is 64.6 Å². The molecule has 0 bridgehead atoms. The van der Waals surface area contributed by atoms with Gasteiger partial charge < -0.3 is 5.32 Å². The number of nitrogens with zero attached hydrogens (tertiary/aromatic N) is 1. The fourth-order valence-electron chi connectivity index (χ4n) is 1.95. The molecule has 0 aliphatic heterocycles. The minimum absolute atomic E-state index is 0.160. The van der Waals surface area contributed by atoms with Crippen LogP contribution in [0.5, 0.6) is 0 Å². The van der Waals surface area contributed by atoms with Crippen LogP contribution in [0.4, 0.5) is 5.69 Å². The van der Waals surface area contributed by atoms with E-state index in [1.165, 1.54) is 0 Å². The Balaban J connectivity index is 1.74. The Labute approximate surface area is 143 Å². The number of carbonyl (C=O) groups is 2. The minimum atomic E-state index is -0.193. The van der Waals surface area contributed by atoms with Crippen LogP contribution >= 0.6 is 15.9 Å². The number of carbonyl (C=O) groups excluding carboxylic acids is 2. The van der Waals surface area contributed by atoms with Crippen LogP contribution < -0.4 is 15.8 Å². The smallest absolute Gasteiger partial charge is 0.251 e. The number of hydrazine groups is 1. The molecule has 23 heavy (non-hydrogen) atoms. The summed E-state index contributed by atoms with van der Waals surface area (Å²) in [6, 6.07) is 16.6. The van der Waals surface area contributed by atoms with E-state index in [9.17, 15) is 9.59 Å². The molecule has 0 unspecified atom stereocenters. The van der Waals surface area contributed by atoms with E-state index in [-0.39, 0.29) is 24.8 Å². The molecule has 0 aliphatic carbocycles. The normalized spacial score (nSPS) is 10.0. The van der Waals surface area contributed by atoms with Gasteiger partial charge >= 0.3 is 0 Å². The number of rotatable bonds is 6. The maximum Gasteiger partial charge on any atom is 0.251 e. The summed E-state index contributed by atoms with van der Waals surface area (Å²) in [5.41, 5.74) is 4.21. The number of hydrogen-bond acceptors (Lipinski definition) is 3. The summed E-state index contributed by atoms with van der Waals surface area (Å²) < 4.78 is 0.914. The summed E-state index contributed by atoms with van der Waals surface area (Å²) in [5.74, 6) is -0.353. The Morgan fingerprint density at radius 3 is 2.35 bits per heavy atom. The Kier molecular flexibility index (Phi) is 6.17. The van der Waals surface area contributed by atoms with Crippen molar-refractivity contribution in [3.63, 3.8) is 0 Å². The molecule has 0 radical (unpaired) electrons. The SMILES string of the molecule is CN(NC(=O)CCNC(=O)c1ccc(Br)cc1)c1ccccc1. The van der Waals surface area contributed by atoms with Gasteiger partial charge in [-0.15, -0.1) is 0 Å². The second-order valence-electron chi connectivity index (χ2n) is 4.94. The molecule has 2 N–H and O–H groups in total. The predicted octanol–water partition coefficient (Wildman–Crippen LogP) is 2.74. The van der Waals surface area contributed by atoms with Crippen LogP contribution in [-0.2, 0) is 4.79 Å². The van der Waals surface area contributed by atoms with Crippen molar-refractivity contribution < 1.29 is 9.59 Å². The zero-order chi connectivity index (χ0) is 16.7. The third kappa shape index (κ3) is 5.41. The van der Waals surface area contributed by atoms with E-state index in [1.807, 2.05) is 30.3 Å². The second-order valence-corrected chi connectivity index (χ2v) is 5.86. The van der Waals surface area contributed by atoms with Gasteiger partial charge in [0.15, 0.2) is 0 Å². The zero-order valence-electron chi connectivity index (χ0n) is 12.8. The Morgan fingerprint density at radius 2 is 1.70 bits per heavy atom. The van der Waals surface area contributed by atoms with Crippen LogP contribution in [-0.4, -0.2) is 25.4 Å². The van der Waals surface area contributed by atoms with E-state index in [0.29, 0.717) is 5.56 Å². The van der Waals surface area contributed by atoms with Gasteiger partial charge in [-0.3, -0.25) is 20.0 Å². The van der Waals surface area contributed by atoms with Crippen molar-refractivity contribution in [2.24, 2.45) is 0 Å². The second kappa shape index (κ2) is 8.33. The van der Waals surface area contributed by atoms with Crippen LogP contribution in [0.15, 0.2) is 59.1 Å². The lowest BCUT2D eigenvalue weighted by Gasteiger charge is -2.20. The zero-order valence-corrected chi connectivity index (χ0v) is 14.3. The van der Waals surface area contributed by atoms with E-state index in [4.69, 9.17) is 0 Å². The van der Waals surface area contributed by atoms with E-state index < -0.39 is 0 Å². The quantitative estimate of drug-likeness (QED) is 0.763. The molecule has 5 nitrogen and oxygen atoms in total. The standard InChI is InChI=1S/C17H18BrN3O2/c1-21(15-5-3-2-4-6-15)20-16(22)11-12-19-17(23)13-7-9-14(18)10-8-13/h2-10H,11-12H2,1H3,(H,19,23)(H,20,22). The van der Waals surface area contributed by atoms with Crippen LogP contribution in [0, 0.1) is 0 Å². The molecule has 6 heteroatoms. The highest BCUT2D eigenvalue weighted by atomic mass is 79.9. The van der Waals surface area contributed by atoms with E-state index >= 15 is 0 Å². The molecule has 2 aromatic rings. The maximum atomic E-state index is 11.9. The van der Waals surface area contributed by atoms with E-state index in [1.54, 1.807) is 36.3 Å². The largest absolute Gasteiger partial charge is 0.352 e. The van der Waals surface area contributed by atoms with Gasteiger partial charge in [0.25, 0.3) is 5.91 Å². The van der Waals surface area contributed by atoms with Crippen LogP contribution in [0.1, 0.15) is 16.8 Å². The first-order valence-electron chi connectivity index (χ1n) is 7.18. The third-order valence-electron chi connectivity index (χ3n) is 3.18. The first-order chi connectivity index (χ1) is 11.1. The summed E-state index contributed by atoms with van der Waals surface area (Å²) in [6.07, 6.45) is 0.208. The molecule has 2 rings (SSSR count). The lowest BCUT2D eigenvalue weighted by atomic mass is 10.2. The lowest BCUT2D eigenvalue weighted by Crippen LogP contribution is -2.40. The molecule has 0 aliphatic rings. The van der Waals surface area contributed by atoms with Gasteiger partial charge in [0.2, 0.25) is 5.91 Å². The molecule has 2 aromatic carbocycles. The van der Waals surface area contributed by atoms with E-state index in [2.05, 4.69) is 26.7 Å². The molecule has 0 heterocycles. The lowest BCUT2D eigenvalue weighted by molar-refractivity contribution is -0.121. The summed E-state index contributed by atoms with van der Waals surface area (Å²) in [5, 5.41) is 4.38. The highest BCUT2D eigenvalue weighted by molar-refractivity contribution is 9.10. The van der Waals surface area contributed by atoms with Gasteiger partial charge in [0, 0.05) is 30.0 Å². The minimum Gasteiger partial charge on any atom is -0.352 e. The Hall–Kier alpha value is -2.34. The molecular formula is C17H18BrN3O2. The fourth-order valence-corrected chi connectivity index (χ4v) is 2.22. The number of hydrogen-bond donors (Lipinski definition) is 2. The molecular weight excluding hydrogens is 358 g/mol. The molecule has 0 saturated carbocycles. The van der Waals surface area contributed by atoms with Crippen LogP contribution in [0.25, 0.3) is 0 Å². The Bertz CT molecular complexity index is 659. The van der Waals surface area contributed by atoms with E-state index in [0.717, 1.165) is 10.2 Å². The summed E-state index contributed by atoms with van der Waals surface area (Å²) in [6.45, 7) is 0.281. The van der Waals surface area contributed by atoms with Gasteiger partial charge in [-0.2, -0.15) is 0 Å². The highest BCUT2D eigenvalue weighted by Gasteiger charge is 2.08. The molecule has 0 atom stereocenters. The van der Waals surface area contributed by atoms with Gasteiger partial charge in [0.05, 0.1) is 5.69 Å². The number of amides is 2. The van der Waals surface area contributed by atoms with Crippen molar-refractivity contribution in [2.45, 2.75) is 6.42 Å². The van der Waals surface area contributed by atoms with Crippen LogP contribution in [0.3, 0.4) is 0 Å². The highest BCUT2D eigenvalue weighted by Crippen LogP contribution is 2.10. The summed E-state index contributed by atoms with van der Waals surface area (Å²) >= 11 is 3.32. The maximum absolute atomic E-state index is 11.9. The van der Waals surface area contributed by atoms with Crippen molar-refractivity contribution >= 4 is 33.4 Å². The van der Waals surface area contributed by atoms with Gasteiger partial charge in [-0.1, -0.05) is 34.1 Å². The third-order valence-corrected chi connectivity index (χ3v) is 3.71. The number of para-hydroxylation sites is 1. The number of benzene rings is 2. The predicted molar refractivity (Wildman–Crippen MR) is 94.1 cm³/mol. The number of nitrogens with one attached hydrogen (secondary N) is 2. The van der Waals surface area contributed by atoms with Crippen molar-refractivity contribution in [2.75, 3.05) is 18.6 Å². The number of anilines is 1. The summed E-state index contributed by atoms with van der Waals surface area (Å²) in [7, 11) is 1.77. The fraction of sp³-hybridized carbons (Fsp3) is 0.176. The molecule has 0 fully saturated rings. The topological polar surface area (TPSA) is 61.4 Å². The van der Waals surface area contributed by atoms with Gasteiger partial charge in [-0.05, 0) is 36.4 Å². The molecule has 2 amide bonds. The molecule has 120 valence electrons. The van der Waals surface area contributed by atoms with Gasteiger partial charge in [-0.25, -0.2) is 0 Å². The molecule has 0 spiro atoms. The molecule has 0 aromatic heterocycles. The first kappa shape index (κ1) is 17.0. The van der Waals surface area contributed by atoms with Crippen LogP contribution in [0.2, 0.25) is 0 Å². The number of halogens is 1. The first-order valence-corrected chi connectivity index (χ1v) is 7.97. The average molecular weight is 376 g/mol. The molecule has 0 saturated heterocycles. The van der Waals surface area contributed by atoms with Crippen molar-refractivity contribution in [3.8, 4) is 0 Å². The summed E-state index contributed by atoms with van der Waals surface area (Å²) in [4.78, 5) is 23.8. The van der Waals surface area contributed by atoms with Crippen molar-refractivity contribution in [1.82, 2.24) is 10.7 Å². The monoisotopic (exact) mass is 375 g/mol. The van der Waals surface area contributed by atoms with Gasteiger partial charge in [0.1, 0.15) is 0 Å². The average Bonchev–Trinajstić information content (AvgIpc) is 2.56. The van der Waals surface area contributed by atoms with Crippen molar-refractivity contribution in [1.29, 1.82) is 0 Å².